The van der Waals surface area contributed by atoms with E-state index in [1.165, 1.54) is 16.8 Å². The van der Waals surface area contributed by atoms with Crippen LogP contribution in [0.2, 0.25) is 0 Å². The van der Waals surface area contributed by atoms with Gasteiger partial charge in [-0.2, -0.15) is 5.10 Å². The summed E-state index contributed by atoms with van der Waals surface area (Å²) in [5.41, 5.74) is 4.96. The highest BCUT2D eigenvalue weighted by molar-refractivity contribution is 9.10. The van der Waals surface area contributed by atoms with Crippen LogP contribution in [0.5, 0.6) is 0 Å². The summed E-state index contributed by atoms with van der Waals surface area (Å²) in [6, 6.07) is 8.69. The van der Waals surface area contributed by atoms with E-state index < -0.39 is 0 Å². The molecule has 0 amide bonds. The van der Waals surface area contributed by atoms with Gasteiger partial charge >= 0.3 is 0 Å². The first-order valence-electron chi connectivity index (χ1n) is 7.03. The highest BCUT2D eigenvalue weighted by Crippen LogP contribution is 2.25. The molecule has 0 spiro atoms. The molecule has 20 heavy (non-hydrogen) atoms. The highest BCUT2D eigenvalue weighted by atomic mass is 79.9. The number of benzene rings is 1. The maximum Gasteiger partial charge on any atom is 0.0673 e. The second kappa shape index (κ2) is 6.55. The summed E-state index contributed by atoms with van der Waals surface area (Å²) in [4.78, 5) is 0. The van der Waals surface area contributed by atoms with Crippen molar-refractivity contribution in [3.8, 4) is 0 Å². The Hall–Kier alpha value is -1.13. The van der Waals surface area contributed by atoms with Crippen LogP contribution >= 0.6 is 15.9 Å². The van der Waals surface area contributed by atoms with Gasteiger partial charge in [0.1, 0.15) is 0 Å². The lowest BCUT2D eigenvalue weighted by Crippen LogP contribution is -2.17. The van der Waals surface area contributed by atoms with Crippen LogP contribution in [0, 0.1) is 13.8 Å². The van der Waals surface area contributed by atoms with Gasteiger partial charge in [0, 0.05) is 21.8 Å². The molecule has 1 atom stereocenters. The van der Waals surface area contributed by atoms with Gasteiger partial charge in [-0.15, -0.1) is 0 Å². The van der Waals surface area contributed by atoms with Gasteiger partial charge in [-0.05, 0) is 38.9 Å². The van der Waals surface area contributed by atoms with Crippen LogP contribution in [-0.2, 0) is 6.54 Å². The van der Waals surface area contributed by atoms with Crippen molar-refractivity contribution < 1.29 is 0 Å². The Kier molecular flexibility index (Phi) is 5.00. The molecular weight excluding hydrogens is 314 g/mol. The summed E-state index contributed by atoms with van der Waals surface area (Å²) in [5, 5.41) is 8.09. The topological polar surface area (TPSA) is 29.9 Å². The molecule has 0 aliphatic carbocycles. The summed E-state index contributed by atoms with van der Waals surface area (Å²) in [5.74, 6) is 0. The summed E-state index contributed by atoms with van der Waals surface area (Å²) < 4.78 is 3.24. The monoisotopic (exact) mass is 335 g/mol. The normalized spacial score (nSPS) is 12.7. The molecule has 2 aromatic rings. The predicted molar refractivity (Wildman–Crippen MR) is 87.0 cm³/mol. The molecule has 3 nitrogen and oxygen atoms in total. The average Bonchev–Trinajstić information content (AvgIpc) is 2.71. The van der Waals surface area contributed by atoms with Crippen molar-refractivity contribution in [2.24, 2.45) is 0 Å². The molecule has 1 unspecified atom stereocenters. The van der Waals surface area contributed by atoms with E-state index >= 15 is 0 Å². The third-order valence-electron chi connectivity index (χ3n) is 3.82. The zero-order valence-corrected chi connectivity index (χ0v) is 14.2. The van der Waals surface area contributed by atoms with Crippen molar-refractivity contribution in [2.75, 3.05) is 7.05 Å². The number of hydrogen-bond donors (Lipinski definition) is 1. The molecule has 2 rings (SSSR count). The van der Waals surface area contributed by atoms with Gasteiger partial charge in [0.25, 0.3) is 0 Å². The van der Waals surface area contributed by atoms with E-state index in [-0.39, 0.29) is 0 Å². The van der Waals surface area contributed by atoms with Crippen molar-refractivity contribution in [3.63, 3.8) is 0 Å². The Bertz CT molecular complexity index is 585. The third-order valence-corrected chi connectivity index (χ3v) is 4.59. The van der Waals surface area contributed by atoms with Crippen LogP contribution in [-0.4, -0.2) is 16.8 Å². The third kappa shape index (κ3) is 2.96. The molecule has 0 bridgehead atoms. The number of nitrogens with zero attached hydrogens (tertiary/aromatic N) is 2. The van der Waals surface area contributed by atoms with Crippen molar-refractivity contribution in [1.29, 1.82) is 0 Å². The maximum atomic E-state index is 4.72. The maximum absolute atomic E-state index is 4.72. The van der Waals surface area contributed by atoms with Crippen LogP contribution < -0.4 is 5.32 Å². The fourth-order valence-corrected chi connectivity index (χ4v) is 3.12. The average molecular weight is 336 g/mol. The van der Waals surface area contributed by atoms with Crippen molar-refractivity contribution in [2.45, 2.75) is 39.8 Å². The van der Waals surface area contributed by atoms with Gasteiger partial charge in [0.2, 0.25) is 0 Å². The van der Waals surface area contributed by atoms with Crippen LogP contribution in [0.1, 0.15) is 41.9 Å². The molecule has 0 aliphatic rings. The van der Waals surface area contributed by atoms with Gasteiger partial charge in [-0.25, -0.2) is 0 Å². The van der Waals surface area contributed by atoms with Crippen LogP contribution in [0.25, 0.3) is 0 Å². The lowest BCUT2D eigenvalue weighted by Gasteiger charge is -2.15. The van der Waals surface area contributed by atoms with Crippen molar-refractivity contribution >= 4 is 15.9 Å². The van der Waals surface area contributed by atoms with Crippen molar-refractivity contribution in [3.05, 3.63) is 51.3 Å². The number of rotatable bonds is 5. The van der Waals surface area contributed by atoms with E-state index in [1.807, 2.05) is 13.1 Å². The fourth-order valence-electron chi connectivity index (χ4n) is 2.71. The smallest absolute Gasteiger partial charge is 0.0673 e. The minimum Gasteiger partial charge on any atom is -0.313 e. The quantitative estimate of drug-likeness (QED) is 0.895. The summed E-state index contributed by atoms with van der Waals surface area (Å²) in [6.45, 7) is 7.25. The second-order valence-electron chi connectivity index (χ2n) is 5.08. The number of aryl methyl sites for hydroxylation is 1. The van der Waals surface area contributed by atoms with Crippen LogP contribution in [0.4, 0.5) is 0 Å². The largest absolute Gasteiger partial charge is 0.313 e. The van der Waals surface area contributed by atoms with E-state index in [2.05, 4.69) is 64.9 Å². The Morgan fingerprint density at radius 1 is 1.30 bits per heavy atom. The number of hydrogen-bond acceptors (Lipinski definition) is 2. The SMILES string of the molecule is CCC(NC)c1c(C)nn(Cc2ccccc2Br)c1C. The Morgan fingerprint density at radius 2 is 2.00 bits per heavy atom. The first-order chi connectivity index (χ1) is 9.58. The van der Waals surface area contributed by atoms with Gasteiger partial charge in [0.15, 0.2) is 0 Å². The number of nitrogens with one attached hydrogen (secondary N) is 1. The Morgan fingerprint density at radius 3 is 2.60 bits per heavy atom. The minimum absolute atomic E-state index is 0.378. The number of halogens is 1. The molecule has 1 aromatic carbocycles. The van der Waals surface area contributed by atoms with Gasteiger partial charge in [0.05, 0.1) is 12.2 Å². The molecule has 0 radical (unpaired) electrons. The molecule has 0 saturated heterocycles. The standard InChI is InChI=1S/C16H22BrN3/c1-5-15(18-4)16-11(2)19-20(12(16)3)10-13-8-6-7-9-14(13)17/h6-9,15,18H,5,10H2,1-4H3. The molecule has 0 saturated carbocycles. The van der Waals surface area contributed by atoms with Crippen molar-refractivity contribution in [1.82, 2.24) is 15.1 Å². The first kappa shape index (κ1) is 15.3. The molecule has 1 heterocycles. The van der Waals surface area contributed by atoms with E-state index in [1.54, 1.807) is 0 Å². The molecular formula is C16H22BrN3. The van der Waals surface area contributed by atoms with Gasteiger partial charge in [-0.3, -0.25) is 4.68 Å². The van der Waals surface area contributed by atoms with E-state index in [0.717, 1.165) is 23.1 Å². The van der Waals surface area contributed by atoms with E-state index in [4.69, 9.17) is 5.10 Å². The van der Waals surface area contributed by atoms with E-state index in [9.17, 15) is 0 Å². The summed E-state index contributed by atoms with van der Waals surface area (Å²) in [7, 11) is 2.01. The van der Waals surface area contributed by atoms with Crippen LogP contribution in [0.15, 0.2) is 28.7 Å². The highest BCUT2D eigenvalue weighted by Gasteiger charge is 2.18. The Labute approximate surface area is 129 Å². The molecule has 1 N–H and O–H groups in total. The summed E-state index contributed by atoms with van der Waals surface area (Å²) in [6.07, 6.45) is 1.07. The molecule has 4 heteroatoms. The molecule has 1 aromatic heterocycles. The Balaban J connectivity index is 2.35. The van der Waals surface area contributed by atoms with Gasteiger partial charge < -0.3 is 5.32 Å². The lowest BCUT2D eigenvalue weighted by molar-refractivity contribution is 0.568. The zero-order chi connectivity index (χ0) is 14.7. The van der Waals surface area contributed by atoms with Gasteiger partial charge in [-0.1, -0.05) is 41.1 Å². The van der Waals surface area contributed by atoms with E-state index in [0.29, 0.717) is 6.04 Å². The molecule has 0 fully saturated rings. The molecule has 108 valence electrons. The molecule has 0 aliphatic heterocycles. The predicted octanol–water partition coefficient (Wildman–Crippen LogP) is 3.98. The van der Waals surface area contributed by atoms with Crippen LogP contribution in [0.3, 0.4) is 0 Å². The minimum atomic E-state index is 0.378. The second-order valence-corrected chi connectivity index (χ2v) is 5.94. The zero-order valence-electron chi connectivity index (χ0n) is 12.6. The lowest BCUT2D eigenvalue weighted by atomic mass is 10.0. The first-order valence-corrected chi connectivity index (χ1v) is 7.82. The number of aromatic nitrogens is 2. The fraction of sp³-hybridized carbons (Fsp3) is 0.438. The summed E-state index contributed by atoms with van der Waals surface area (Å²) >= 11 is 3.61.